The van der Waals surface area contributed by atoms with Crippen LogP contribution in [-0.2, 0) is 9.59 Å². The van der Waals surface area contributed by atoms with Gasteiger partial charge in [-0.1, -0.05) is 25.1 Å². The van der Waals surface area contributed by atoms with Crippen LogP contribution >= 0.6 is 0 Å². The number of anilines is 1. The summed E-state index contributed by atoms with van der Waals surface area (Å²) >= 11 is 0. The highest BCUT2D eigenvalue weighted by Gasteiger charge is 2.34. The highest BCUT2D eigenvalue weighted by atomic mass is 16.4. The summed E-state index contributed by atoms with van der Waals surface area (Å²) in [5.41, 5.74) is 1.15. The summed E-state index contributed by atoms with van der Waals surface area (Å²) in [7, 11) is 0. The molecule has 2 atom stereocenters. The molecule has 5 nitrogen and oxygen atoms in total. The highest BCUT2D eigenvalue weighted by Crippen LogP contribution is 2.21. The third-order valence-electron chi connectivity index (χ3n) is 4.10. The summed E-state index contributed by atoms with van der Waals surface area (Å²) in [4.78, 5) is 27.3. The lowest BCUT2D eigenvalue weighted by Gasteiger charge is -2.42. The van der Waals surface area contributed by atoms with Gasteiger partial charge in [-0.05, 0) is 25.5 Å². The molecule has 1 heterocycles. The van der Waals surface area contributed by atoms with E-state index < -0.39 is 11.9 Å². The zero-order valence-corrected chi connectivity index (χ0v) is 12.5. The lowest BCUT2D eigenvalue weighted by atomic mass is 10.0. The molecule has 1 aromatic carbocycles. The van der Waals surface area contributed by atoms with E-state index in [0.717, 1.165) is 25.2 Å². The first kappa shape index (κ1) is 15.4. The smallest absolute Gasteiger partial charge is 0.315 e. The van der Waals surface area contributed by atoms with Gasteiger partial charge in [-0.15, -0.1) is 0 Å². The first-order chi connectivity index (χ1) is 10.0. The second-order valence-electron chi connectivity index (χ2n) is 5.44. The Bertz CT molecular complexity index is 504. The molecule has 114 valence electrons. The van der Waals surface area contributed by atoms with Gasteiger partial charge in [0.05, 0.1) is 0 Å². The summed E-state index contributed by atoms with van der Waals surface area (Å²) in [6, 6.07) is 10.2. The fourth-order valence-electron chi connectivity index (χ4n) is 2.72. The third-order valence-corrected chi connectivity index (χ3v) is 4.10. The van der Waals surface area contributed by atoms with Gasteiger partial charge in [0.2, 0.25) is 5.91 Å². The molecule has 1 aliphatic heterocycles. The van der Waals surface area contributed by atoms with Gasteiger partial charge in [0, 0.05) is 31.4 Å². The lowest BCUT2D eigenvalue weighted by Crippen LogP contribution is -2.56. The van der Waals surface area contributed by atoms with Crippen LogP contribution in [-0.4, -0.2) is 47.6 Å². The van der Waals surface area contributed by atoms with Crippen molar-refractivity contribution < 1.29 is 14.7 Å². The number of amides is 1. The monoisotopic (exact) mass is 290 g/mol. The van der Waals surface area contributed by atoms with E-state index in [1.807, 2.05) is 25.1 Å². The molecule has 1 saturated heterocycles. The molecule has 1 N–H and O–H groups in total. The Morgan fingerprint density at radius 3 is 2.52 bits per heavy atom. The fraction of sp³-hybridized carbons (Fsp3) is 0.500. The SMILES string of the molecule is CC[C@H]1CN(c2ccccc2)CCN1C(=O)[C@H](C)C(=O)O. The summed E-state index contributed by atoms with van der Waals surface area (Å²) in [5.74, 6) is -2.30. The number of rotatable bonds is 4. The fourth-order valence-corrected chi connectivity index (χ4v) is 2.72. The largest absolute Gasteiger partial charge is 0.481 e. The Kier molecular flexibility index (Phi) is 4.83. The molecule has 1 amide bonds. The van der Waals surface area contributed by atoms with E-state index in [1.165, 1.54) is 6.92 Å². The molecular formula is C16H22N2O3. The van der Waals surface area contributed by atoms with E-state index in [1.54, 1.807) is 4.90 Å². The van der Waals surface area contributed by atoms with Gasteiger partial charge in [0.15, 0.2) is 0 Å². The van der Waals surface area contributed by atoms with Crippen molar-refractivity contribution in [1.29, 1.82) is 0 Å². The average Bonchev–Trinajstić information content (AvgIpc) is 2.53. The Morgan fingerprint density at radius 2 is 1.95 bits per heavy atom. The van der Waals surface area contributed by atoms with E-state index in [4.69, 9.17) is 5.11 Å². The second kappa shape index (κ2) is 6.61. The van der Waals surface area contributed by atoms with Crippen LogP contribution in [0.4, 0.5) is 5.69 Å². The minimum Gasteiger partial charge on any atom is -0.481 e. The predicted molar refractivity (Wildman–Crippen MR) is 81.2 cm³/mol. The zero-order valence-electron chi connectivity index (χ0n) is 12.5. The molecule has 0 aromatic heterocycles. The van der Waals surface area contributed by atoms with E-state index >= 15 is 0 Å². The van der Waals surface area contributed by atoms with E-state index in [9.17, 15) is 9.59 Å². The number of carbonyl (C=O) groups is 2. The van der Waals surface area contributed by atoms with Crippen LogP contribution in [0.3, 0.4) is 0 Å². The van der Waals surface area contributed by atoms with Crippen LogP contribution in [0.1, 0.15) is 20.3 Å². The molecule has 0 radical (unpaired) electrons. The van der Waals surface area contributed by atoms with Crippen molar-refractivity contribution in [3.05, 3.63) is 30.3 Å². The quantitative estimate of drug-likeness (QED) is 0.860. The van der Waals surface area contributed by atoms with Crippen LogP contribution in [0.5, 0.6) is 0 Å². The van der Waals surface area contributed by atoms with Crippen molar-refractivity contribution in [1.82, 2.24) is 4.90 Å². The zero-order chi connectivity index (χ0) is 15.4. The molecule has 0 bridgehead atoms. The maximum absolute atomic E-state index is 12.3. The number of piperazine rings is 1. The van der Waals surface area contributed by atoms with Gasteiger partial charge in [0.25, 0.3) is 0 Å². The summed E-state index contributed by atoms with van der Waals surface area (Å²) in [5, 5.41) is 9.01. The molecule has 0 unspecified atom stereocenters. The standard InChI is InChI=1S/C16H22N2O3/c1-3-13-11-17(14-7-5-4-6-8-14)9-10-18(13)15(19)12(2)16(20)21/h4-8,12-13H,3,9-11H2,1-2H3,(H,20,21)/t12-,13-/m0/s1. The minimum atomic E-state index is -1.06. The summed E-state index contributed by atoms with van der Waals surface area (Å²) in [6.07, 6.45) is 0.821. The number of nitrogens with zero attached hydrogens (tertiary/aromatic N) is 2. The van der Waals surface area contributed by atoms with Crippen LogP contribution < -0.4 is 4.90 Å². The topological polar surface area (TPSA) is 60.9 Å². The average molecular weight is 290 g/mol. The number of benzene rings is 1. The van der Waals surface area contributed by atoms with Gasteiger partial charge >= 0.3 is 5.97 Å². The second-order valence-corrected chi connectivity index (χ2v) is 5.44. The summed E-state index contributed by atoms with van der Waals surface area (Å²) < 4.78 is 0. The van der Waals surface area contributed by atoms with Gasteiger partial charge in [0.1, 0.15) is 5.92 Å². The number of hydrogen-bond donors (Lipinski definition) is 1. The minimum absolute atomic E-state index is 0.0632. The van der Waals surface area contributed by atoms with Crippen molar-refractivity contribution in [2.24, 2.45) is 5.92 Å². The molecule has 1 aromatic rings. The van der Waals surface area contributed by atoms with E-state index in [-0.39, 0.29) is 11.9 Å². The Balaban J connectivity index is 2.09. The normalized spacial score (nSPS) is 20.2. The maximum atomic E-state index is 12.3. The molecular weight excluding hydrogens is 268 g/mol. The Labute approximate surface area is 125 Å². The molecule has 1 aliphatic rings. The molecule has 0 spiro atoms. The molecule has 5 heteroatoms. The van der Waals surface area contributed by atoms with E-state index in [2.05, 4.69) is 17.0 Å². The van der Waals surface area contributed by atoms with Crippen LogP contribution in [0.25, 0.3) is 0 Å². The maximum Gasteiger partial charge on any atom is 0.315 e. The van der Waals surface area contributed by atoms with Crippen molar-refractivity contribution in [2.45, 2.75) is 26.3 Å². The van der Waals surface area contributed by atoms with Crippen molar-refractivity contribution in [2.75, 3.05) is 24.5 Å². The van der Waals surface area contributed by atoms with Crippen LogP contribution in [0, 0.1) is 5.92 Å². The number of carbonyl (C=O) groups excluding carboxylic acids is 1. The van der Waals surface area contributed by atoms with Crippen molar-refractivity contribution in [3.63, 3.8) is 0 Å². The molecule has 0 aliphatic carbocycles. The summed E-state index contributed by atoms with van der Waals surface area (Å²) in [6.45, 7) is 5.55. The number of carboxylic acid groups (broad SMARTS) is 1. The lowest BCUT2D eigenvalue weighted by molar-refractivity contribution is -0.151. The number of aliphatic carboxylic acids is 1. The molecule has 2 rings (SSSR count). The van der Waals surface area contributed by atoms with Gasteiger partial charge in [-0.25, -0.2) is 0 Å². The Hall–Kier alpha value is -2.04. The number of hydrogen-bond acceptors (Lipinski definition) is 3. The highest BCUT2D eigenvalue weighted by molar-refractivity contribution is 5.96. The third kappa shape index (κ3) is 3.35. The number of carboxylic acids is 1. The number of para-hydroxylation sites is 1. The molecule has 21 heavy (non-hydrogen) atoms. The first-order valence-corrected chi connectivity index (χ1v) is 7.37. The van der Waals surface area contributed by atoms with E-state index in [0.29, 0.717) is 6.54 Å². The van der Waals surface area contributed by atoms with Crippen LogP contribution in [0.15, 0.2) is 30.3 Å². The van der Waals surface area contributed by atoms with Gasteiger partial charge in [-0.3, -0.25) is 9.59 Å². The Morgan fingerprint density at radius 1 is 1.29 bits per heavy atom. The molecule has 0 saturated carbocycles. The van der Waals surface area contributed by atoms with Gasteiger partial charge in [-0.2, -0.15) is 0 Å². The van der Waals surface area contributed by atoms with Crippen molar-refractivity contribution >= 4 is 17.6 Å². The van der Waals surface area contributed by atoms with Gasteiger partial charge < -0.3 is 14.9 Å². The predicted octanol–water partition coefficient (Wildman–Crippen LogP) is 1.83. The molecule has 1 fully saturated rings. The van der Waals surface area contributed by atoms with Crippen molar-refractivity contribution in [3.8, 4) is 0 Å². The first-order valence-electron chi connectivity index (χ1n) is 7.37. The van der Waals surface area contributed by atoms with Crippen LogP contribution in [0.2, 0.25) is 0 Å².